The van der Waals surface area contributed by atoms with Gasteiger partial charge >= 0.3 is 0 Å². The molecule has 2 aromatic carbocycles. The quantitative estimate of drug-likeness (QED) is 0.398. The van der Waals surface area contributed by atoms with Gasteiger partial charge in [0.25, 0.3) is 15.7 Å². The first-order valence-electron chi connectivity index (χ1n) is 7.00. The number of hydrogen-bond donors (Lipinski definition) is 1. The molecule has 0 atom stereocenters. The molecule has 0 amide bonds. The molecule has 2 rings (SSSR count). The van der Waals surface area contributed by atoms with Gasteiger partial charge < -0.3 is 9.47 Å². The average molecular weight is 444 g/mol. The Bertz CT molecular complexity index is 962. The lowest BCUT2D eigenvalue weighted by molar-refractivity contribution is -0.385. The van der Waals surface area contributed by atoms with Crippen molar-refractivity contribution in [3.63, 3.8) is 0 Å². The first-order chi connectivity index (χ1) is 12.3. The average Bonchev–Trinajstić information content (AvgIpc) is 2.62. The lowest BCUT2D eigenvalue weighted by atomic mass is 10.2. The summed E-state index contributed by atoms with van der Waals surface area (Å²) in [6.07, 6.45) is 1.26. The number of ether oxygens (including phenoxy) is 2. The van der Waals surface area contributed by atoms with E-state index in [1.165, 1.54) is 38.6 Å². The number of hydrogen-bond acceptors (Lipinski definition) is 7. The number of rotatable bonds is 7. The molecule has 138 valence electrons. The molecule has 0 aliphatic heterocycles. The zero-order valence-corrected chi connectivity index (χ0v) is 16.1. The predicted octanol–water partition coefficient (Wildman–Crippen LogP) is 2.69. The first-order valence-corrected chi connectivity index (χ1v) is 9.27. The number of nitro groups is 1. The second-order valence-corrected chi connectivity index (χ2v) is 7.27. The van der Waals surface area contributed by atoms with Crippen LogP contribution in [0.2, 0.25) is 0 Å². The molecule has 0 spiro atoms. The van der Waals surface area contributed by atoms with Crippen LogP contribution in [0.1, 0.15) is 5.56 Å². The van der Waals surface area contributed by atoms with E-state index in [9.17, 15) is 18.5 Å². The number of benzene rings is 2. The van der Waals surface area contributed by atoms with Crippen molar-refractivity contribution in [1.29, 1.82) is 0 Å². The number of sulfonamides is 1. The van der Waals surface area contributed by atoms with Gasteiger partial charge in [-0.15, -0.1) is 0 Å². The minimum atomic E-state index is -4.05. The summed E-state index contributed by atoms with van der Waals surface area (Å²) in [5.74, 6) is 0.923. The molecule has 0 aliphatic carbocycles. The molecule has 2 aromatic rings. The van der Waals surface area contributed by atoms with Crippen molar-refractivity contribution in [1.82, 2.24) is 4.83 Å². The largest absolute Gasteiger partial charge is 0.493 e. The molecule has 0 saturated heterocycles. The van der Waals surface area contributed by atoms with E-state index in [2.05, 4.69) is 21.0 Å². The maximum atomic E-state index is 12.2. The van der Waals surface area contributed by atoms with Crippen LogP contribution in [0, 0.1) is 10.1 Å². The smallest absolute Gasteiger partial charge is 0.276 e. The summed E-state index contributed by atoms with van der Waals surface area (Å²) in [6, 6.07) is 7.95. The SMILES string of the molecule is COc1ccc(/C=N/NS(=O)(=O)c2cccc([N+](=O)[O-])c2)c(Br)c1OC. The highest BCUT2D eigenvalue weighted by Crippen LogP contribution is 2.36. The van der Waals surface area contributed by atoms with Crippen molar-refractivity contribution < 1.29 is 22.8 Å². The molecule has 0 radical (unpaired) electrons. The van der Waals surface area contributed by atoms with Crippen molar-refractivity contribution in [3.8, 4) is 11.5 Å². The van der Waals surface area contributed by atoms with E-state index in [0.29, 0.717) is 21.5 Å². The highest BCUT2D eigenvalue weighted by molar-refractivity contribution is 9.10. The Hall–Kier alpha value is -2.66. The van der Waals surface area contributed by atoms with Crippen LogP contribution in [0.5, 0.6) is 11.5 Å². The third-order valence-corrected chi connectivity index (χ3v) is 5.27. The Kier molecular flexibility index (Phi) is 6.16. The molecule has 0 unspecified atom stereocenters. The monoisotopic (exact) mass is 443 g/mol. The Morgan fingerprint density at radius 2 is 1.96 bits per heavy atom. The molecule has 0 bridgehead atoms. The summed E-state index contributed by atoms with van der Waals surface area (Å²) in [7, 11) is -1.09. The summed E-state index contributed by atoms with van der Waals surface area (Å²) in [5.41, 5.74) is 0.198. The van der Waals surface area contributed by atoms with Crippen LogP contribution >= 0.6 is 15.9 Å². The van der Waals surface area contributed by atoms with Crippen molar-refractivity contribution >= 4 is 37.9 Å². The van der Waals surface area contributed by atoms with Crippen molar-refractivity contribution in [2.24, 2.45) is 5.10 Å². The van der Waals surface area contributed by atoms with E-state index in [-0.39, 0.29) is 10.6 Å². The Morgan fingerprint density at radius 3 is 2.58 bits per heavy atom. The molecular formula is C15H14BrN3O6S. The van der Waals surface area contributed by atoms with Crippen LogP contribution in [0.15, 0.2) is 50.9 Å². The lowest BCUT2D eigenvalue weighted by Crippen LogP contribution is -2.18. The standard InChI is InChI=1S/C15H14BrN3O6S/c1-24-13-7-6-10(14(16)15(13)25-2)9-17-18-26(22,23)12-5-3-4-11(8-12)19(20)21/h3-9,18H,1-2H3/b17-9+. The predicted molar refractivity (Wildman–Crippen MR) is 98.3 cm³/mol. The van der Waals surface area contributed by atoms with Gasteiger partial charge in [0.15, 0.2) is 11.5 Å². The van der Waals surface area contributed by atoms with Crippen LogP contribution in [0.3, 0.4) is 0 Å². The van der Waals surface area contributed by atoms with Gasteiger partial charge in [0.1, 0.15) is 0 Å². The molecular weight excluding hydrogens is 430 g/mol. The van der Waals surface area contributed by atoms with Crippen molar-refractivity contribution in [2.75, 3.05) is 14.2 Å². The third kappa shape index (κ3) is 4.29. The molecule has 0 saturated carbocycles. The second kappa shape index (κ2) is 8.15. The van der Waals surface area contributed by atoms with Crippen molar-refractivity contribution in [2.45, 2.75) is 4.90 Å². The minimum Gasteiger partial charge on any atom is -0.493 e. The number of hydrazone groups is 1. The third-order valence-electron chi connectivity index (χ3n) is 3.23. The number of nitro benzene ring substituents is 1. The fourth-order valence-corrected chi connectivity index (χ4v) is 3.41. The van der Waals surface area contributed by atoms with Gasteiger partial charge in [-0.2, -0.15) is 13.5 Å². The first kappa shape index (κ1) is 19.7. The Balaban J connectivity index is 2.25. The van der Waals surface area contributed by atoms with Gasteiger partial charge in [-0.1, -0.05) is 6.07 Å². The number of halogens is 1. The van der Waals surface area contributed by atoms with Crippen LogP contribution in [0.25, 0.3) is 0 Å². The van der Waals surface area contributed by atoms with Crippen molar-refractivity contribution in [3.05, 3.63) is 56.5 Å². The van der Waals surface area contributed by atoms with Gasteiger partial charge in [-0.05, 0) is 34.1 Å². The summed E-state index contributed by atoms with van der Waals surface area (Å²) < 4.78 is 35.3. The highest BCUT2D eigenvalue weighted by atomic mass is 79.9. The van der Waals surface area contributed by atoms with E-state index in [4.69, 9.17) is 9.47 Å². The van der Waals surface area contributed by atoms with E-state index < -0.39 is 14.9 Å². The molecule has 0 heterocycles. The molecule has 9 nitrogen and oxygen atoms in total. The molecule has 0 fully saturated rings. The summed E-state index contributed by atoms with van der Waals surface area (Å²) >= 11 is 3.34. The van der Waals surface area contributed by atoms with Gasteiger partial charge in [0, 0.05) is 17.7 Å². The number of non-ortho nitro benzene ring substituents is 1. The van der Waals surface area contributed by atoms with E-state index in [0.717, 1.165) is 6.07 Å². The molecule has 11 heteroatoms. The zero-order valence-electron chi connectivity index (χ0n) is 13.7. The minimum absolute atomic E-state index is 0.268. The maximum absolute atomic E-state index is 12.2. The summed E-state index contributed by atoms with van der Waals surface area (Å²) in [4.78, 5) is 11.8. The Morgan fingerprint density at radius 1 is 1.23 bits per heavy atom. The Labute approximate surface area is 158 Å². The van der Waals surface area contributed by atoms with Crippen LogP contribution in [-0.2, 0) is 10.0 Å². The fourth-order valence-electron chi connectivity index (χ4n) is 1.99. The second-order valence-electron chi connectivity index (χ2n) is 4.81. The molecule has 0 aliphatic rings. The lowest BCUT2D eigenvalue weighted by Gasteiger charge is -2.10. The fraction of sp³-hybridized carbons (Fsp3) is 0.133. The zero-order chi connectivity index (χ0) is 19.3. The van der Waals surface area contributed by atoms with E-state index >= 15 is 0 Å². The number of nitrogens with one attached hydrogen (secondary N) is 1. The van der Waals surface area contributed by atoms with Gasteiger partial charge in [0.05, 0.1) is 34.7 Å². The van der Waals surface area contributed by atoms with Gasteiger partial charge in [0.2, 0.25) is 0 Å². The molecule has 26 heavy (non-hydrogen) atoms. The highest BCUT2D eigenvalue weighted by Gasteiger charge is 2.17. The normalized spacial score (nSPS) is 11.3. The maximum Gasteiger partial charge on any atom is 0.276 e. The van der Waals surface area contributed by atoms with E-state index in [1.807, 2.05) is 4.83 Å². The summed E-state index contributed by atoms with van der Waals surface area (Å²) in [6.45, 7) is 0. The van der Waals surface area contributed by atoms with Crippen LogP contribution in [0.4, 0.5) is 5.69 Å². The number of nitrogens with zero attached hydrogens (tertiary/aromatic N) is 2. The molecule has 1 N–H and O–H groups in total. The summed E-state index contributed by atoms with van der Waals surface area (Å²) in [5, 5.41) is 14.5. The van der Waals surface area contributed by atoms with Crippen LogP contribution < -0.4 is 14.3 Å². The number of methoxy groups -OCH3 is 2. The molecule has 0 aromatic heterocycles. The van der Waals surface area contributed by atoms with E-state index in [1.54, 1.807) is 12.1 Å². The van der Waals surface area contributed by atoms with Gasteiger partial charge in [-0.3, -0.25) is 10.1 Å². The van der Waals surface area contributed by atoms with Gasteiger partial charge in [-0.25, -0.2) is 4.83 Å². The topological polar surface area (TPSA) is 120 Å². The van der Waals surface area contributed by atoms with Crippen LogP contribution in [-0.4, -0.2) is 33.8 Å².